The topological polar surface area (TPSA) is 97.1 Å². The fourth-order valence-electron chi connectivity index (χ4n) is 2.38. The quantitative estimate of drug-likeness (QED) is 0.572. The molecular formula is C15H22N6O2S. The second-order valence-corrected chi connectivity index (χ2v) is 7.20. The number of hydrogen-bond acceptors (Lipinski definition) is 8. The van der Waals surface area contributed by atoms with E-state index in [2.05, 4.69) is 48.0 Å². The Labute approximate surface area is 145 Å². The minimum atomic E-state index is -0.432. The van der Waals surface area contributed by atoms with Gasteiger partial charge in [0.25, 0.3) is 0 Å². The van der Waals surface area contributed by atoms with Crippen LogP contribution >= 0.6 is 11.3 Å². The summed E-state index contributed by atoms with van der Waals surface area (Å²) < 4.78 is 0. The van der Waals surface area contributed by atoms with Crippen LogP contribution in [0.25, 0.3) is 0 Å². The largest absolute Gasteiger partial charge is 0.353 e. The van der Waals surface area contributed by atoms with E-state index in [4.69, 9.17) is 0 Å². The van der Waals surface area contributed by atoms with Gasteiger partial charge in [0.2, 0.25) is 11.6 Å². The highest BCUT2D eigenvalue weighted by molar-refractivity contribution is 7.13. The fraction of sp³-hybridized carbons (Fsp3) is 0.533. The summed E-state index contributed by atoms with van der Waals surface area (Å²) in [5.41, 5.74) is -0.117. The van der Waals surface area contributed by atoms with Crippen LogP contribution in [0.1, 0.15) is 27.7 Å². The third kappa shape index (κ3) is 4.60. The second kappa shape index (κ2) is 8.00. The Morgan fingerprint density at radius 3 is 2.38 bits per heavy atom. The van der Waals surface area contributed by atoms with Crippen molar-refractivity contribution in [2.24, 2.45) is 11.8 Å². The van der Waals surface area contributed by atoms with Crippen molar-refractivity contribution in [3.8, 4) is 0 Å². The lowest BCUT2D eigenvalue weighted by Crippen LogP contribution is -2.32. The molecule has 0 atom stereocenters. The van der Waals surface area contributed by atoms with Gasteiger partial charge in [-0.15, -0.1) is 11.3 Å². The van der Waals surface area contributed by atoms with Gasteiger partial charge < -0.3 is 10.2 Å². The van der Waals surface area contributed by atoms with Crippen LogP contribution in [-0.4, -0.2) is 33.0 Å². The summed E-state index contributed by atoms with van der Waals surface area (Å²) in [4.78, 5) is 25.6. The Morgan fingerprint density at radius 1 is 1.21 bits per heavy atom. The maximum Gasteiger partial charge on any atom is 0.353 e. The van der Waals surface area contributed by atoms with Gasteiger partial charge in [-0.3, -0.25) is 10.1 Å². The second-order valence-electron chi connectivity index (χ2n) is 6.31. The molecule has 2 aromatic rings. The van der Waals surface area contributed by atoms with Crippen molar-refractivity contribution in [1.82, 2.24) is 15.0 Å². The number of nitro groups is 1. The third-order valence-corrected chi connectivity index (χ3v) is 3.80. The Hall–Kier alpha value is -2.29. The van der Waals surface area contributed by atoms with E-state index in [-0.39, 0.29) is 11.5 Å². The Morgan fingerprint density at radius 2 is 1.88 bits per heavy atom. The highest BCUT2D eigenvalue weighted by atomic mass is 32.1. The maximum atomic E-state index is 11.7. The molecule has 130 valence electrons. The Bertz CT molecular complexity index is 665. The van der Waals surface area contributed by atoms with Crippen LogP contribution in [0, 0.1) is 22.0 Å². The minimum Gasteiger partial charge on any atom is -0.350 e. The van der Waals surface area contributed by atoms with Crippen molar-refractivity contribution < 1.29 is 4.92 Å². The molecule has 0 amide bonds. The molecule has 0 saturated carbocycles. The molecule has 0 aromatic carbocycles. The van der Waals surface area contributed by atoms with E-state index >= 15 is 0 Å². The third-order valence-electron chi connectivity index (χ3n) is 3.11. The summed E-state index contributed by atoms with van der Waals surface area (Å²) in [6.45, 7) is 9.69. The molecule has 0 radical (unpaired) electrons. The first-order valence-corrected chi connectivity index (χ1v) is 8.67. The zero-order valence-corrected chi connectivity index (χ0v) is 15.1. The predicted octanol–water partition coefficient (Wildman–Crippen LogP) is 3.70. The minimum absolute atomic E-state index is 0.117. The van der Waals surface area contributed by atoms with E-state index in [0.717, 1.165) is 0 Å². The zero-order chi connectivity index (χ0) is 17.7. The molecule has 0 fully saturated rings. The monoisotopic (exact) mass is 350 g/mol. The maximum absolute atomic E-state index is 11.7. The summed E-state index contributed by atoms with van der Waals surface area (Å²) in [6.07, 6.45) is 2.98. The first-order chi connectivity index (χ1) is 11.4. The molecule has 0 saturated heterocycles. The van der Waals surface area contributed by atoms with Crippen LogP contribution in [0.15, 0.2) is 17.9 Å². The first kappa shape index (κ1) is 18.1. The Balaban J connectivity index is 2.44. The number of hydrogen-bond donors (Lipinski definition) is 1. The van der Waals surface area contributed by atoms with E-state index < -0.39 is 4.92 Å². The van der Waals surface area contributed by atoms with Crippen molar-refractivity contribution in [1.29, 1.82) is 0 Å². The standard InChI is InChI=1S/C15H22N6O2S/c1-10(2)7-20(8-11(3)4)14-12(21(22)23)13(17-9-18-14)19-15-16-5-6-24-15/h5-6,9-11H,7-8H2,1-4H3,(H,16,17,18,19). The highest BCUT2D eigenvalue weighted by Gasteiger charge is 2.28. The van der Waals surface area contributed by atoms with Crippen LogP contribution < -0.4 is 10.2 Å². The highest BCUT2D eigenvalue weighted by Crippen LogP contribution is 2.34. The van der Waals surface area contributed by atoms with Gasteiger partial charge in [-0.2, -0.15) is 0 Å². The van der Waals surface area contributed by atoms with Gasteiger partial charge >= 0.3 is 5.69 Å². The van der Waals surface area contributed by atoms with E-state index in [1.807, 2.05) is 4.90 Å². The fourth-order valence-corrected chi connectivity index (χ4v) is 2.90. The summed E-state index contributed by atoms with van der Waals surface area (Å²) in [6, 6.07) is 0. The summed E-state index contributed by atoms with van der Waals surface area (Å²) >= 11 is 1.35. The molecule has 0 aliphatic carbocycles. The molecular weight excluding hydrogens is 328 g/mol. The van der Waals surface area contributed by atoms with Crippen LogP contribution in [0.5, 0.6) is 0 Å². The summed E-state index contributed by atoms with van der Waals surface area (Å²) in [5.74, 6) is 1.22. The number of nitrogens with zero attached hydrogens (tertiary/aromatic N) is 5. The van der Waals surface area contributed by atoms with Crippen molar-refractivity contribution in [3.05, 3.63) is 28.0 Å². The lowest BCUT2D eigenvalue weighted by atomic mass is 10.1. The van der Waals surface area contributed by atoms with Gasteiger partial charge in [0.1, 0.15) is 6.33 Å². The van der Waals surface area contributed by atoms with E-state index in [1.165, 1.54) is 17.7 Å². The van der Waals surface area contributed by atoms with Crippen molar-refractivity contribution >= 4 is 33.8 Å². The molecule has 9 heteroatoms. The van der Waals surface area contributed by atoms with Gasteiger partial charge in [-0.25, -0.2) is 15.0 Å². The van der Waals surface area contributed by atoms with E-state index in [0.29, 0.717) is 35.9 Å². The number of anilines is 3. The number of nitrogens with one attached hydrogen (secondary N) is 1. The van der Waals surface area contributed by atoms with Gasteiger partial charge in [0.05, 0.1) is 4.92 Å². The van der Waals surface area contributed by atoms with Gasteiger partial charge in [0, 0.05) is 24.7 Å². The van der Waals surface area contributed by atoms with Crippen LogP contribution in [0.4, 0.5) is 22.5 Å². The molecule has 0 spiro atoms. The molecule has 0 bridgehead atoms. The molecule has 1 N–H and O–H groups in total. The van der Waals surface area contributed by atoms with E-state index in [9.17, 15) is 10.1 Å². The molecule has 2 heterocycles. The summed E-state index contributed by atoms with van der Waals surface area (Å²) in [5, 5.41) is 17.0. The molecule has 8 nitrogen and oxygen atoms in total. The van der Waals surface area contributed by atoms with Crippen LogP contribution in [-0.2, 0) is 0 Å². The van der Waals surface area contributed by atoms with Crippen molar-refractivity contribution in [3.63, 3.8) is 0 Å². The average Bonchev–Trinajstić information content (AvgIpc) is 2.98. The molecule has 24 heavy (non-hydrogen) atoms. The Kier molecular flexibility index (Phi) is 6.02. The molecule has 0 aliphatic rings. The normalized spacial score (nSPS) is 11.1. The molecule has 2 aromatic heterocycles. The van der Waals surface area contributed by atoms with Crippen LogP contribution in [0.2, 0.25) is 0 Å². The number of thiazole rings is 1. The zero-order valence-electron chi connectivity index (χ0n) is 14.3. The lowest BCUT2D eigenvalue weighted by molar-refractivity contribution is -0.383. The number of aromatic nitrogens is 3. The SMILES string of the molecule is CC(C)CN(CC(C)C)c1ncnc(Nc2nccs2)c1[N+](=O)[O-]. The smallest absolute Gasteiger partial charge is 0.350 e. The van der Waals surface area contributed by atoms with Gasteiger partial charge in [0.15, 0.2) is 5.13 Å². The first-order valence-electron chi connectivity index (χ1n) is 7.79. The lowest BCUT2D eigenvalue weighted by Gasteiger charge is -2.27. The van der Waals surface area contributed by atoms with Crippen LogP contribution in [0.3, 0.4) is 0 Å². The van der Waals surface area contributed by atoms with Gasteiger partial charge in [-0.1, -0.05) is 27.7 Å². The predicted molar refractivity (Wildman–Crippen MR) is 96.0 cm³/mol. The van der Waals surface area contributed by atoms with Gasteiger partial charge in [-0.05, 0) is 11.8 Å². The summed E-state index contributed by atoms with van der Waals surface area (Å²) in [7, 11) is 0. The molecule has 0 aliphatic heterocycles. The number of rotatable bonds is 8. The molecule has 2 rings (SSSR count). The van der Waals surface area contributed by atoms with E-state index in [1.54, 1.807) is 11.6 Å². The molecule has 0 unspecified atom stereocenters. The van der Waals surface area contributed by atoms with Crippen molar-refractivity contribution in [2.75, 3.05) is 23.3 Å². The average molecular weight is 350 g/mol. The van der Waals surface area contributed by atoms with Crippen molar-refractivity contribution in [2.45, 2.75) is 27.7 Å².